The Kier molecular flexibility index (Phi) is 5.17. The molecule has 0 radical (unpaired) electrons. The summed E-state index contributed by atoms with van der Waals surface area (Å²) in [4.78, 5) is 23.3. The quantitative estimate of drug-likeness (QED) is 0.709. The van der Waals surface area contributed by atoms with Crippen LogP contribution in [-0.4, -0.2) is 11.8 Å². The second-order valence-electron chi connectivity index (χ2n) is 5.93. The third-order valence-electron chi connectivity index (χ3n) is 3.92. The zero-order valence-electron chi connectivity index (χ0n) is 14.5. The van der Waals surface area contributed by atoms with E-state index in [1.807, 2.05) is 0 Å². The molecule has 0 aliphatic heterocycles. The number of hydrogen-bond acceptors (Lipinski definition) is 3. The number of hydrogen-bond donors (Lipinski definition) is 2. The summed E-state index contributed by atoms with van der Waals surface area (Å²) < 4.78 is 19.2. The molecule has 0 saturated heterocycles. The monoisotopic (exact) mass is 364 g/mol. The largest absolute Gasteiger partial charge is 0.457 e. The lowest BCUT2D eigenvalue weighted by molar-refractivity contribution is 0.0997. The van der Waals surface area contributed by atoms with Crippen molar-refractivity contribution in [1.29, 1.82) is 0 Å². The summed E-state index contributed by atoms with van der Waals surface area (Å²) in [5, 5.41) is 2.65. The van der Waals surface area contributed by atoms with Gasteiger partial charge in [-0.15, -0.1) is 0 Å². The molecule has 0 atom stereocenters. The average Bonchev–Trinajstić information content (AvgIpc) is 2.66. The summed E-state index contributed by atoms with van der Waals surface area (Å²) in [5.41, 5.74) is 6.89. The van der Waals surface area contributed by atoms with Gasteiger partial charge in [-0.05, 0) is 73.2 Å². The van der Waals surface area contributed by atoms with Crippen molar-refractivity contribution in [3.63, 3.8) is 0 Å². The molecular formula is C21H17FN2O3. The van der Waals surface area contributed by atoms with Gasteiger partial charge >= 0.3 is 0 Å². The van der Waals surface area contributed by atoms with Crippen LogP contribution in [0.4, 0.5) is 10.1 Å². The van der Waals surface area contributed by atoms with Gasteiger partial charge < -0.3 is 15.8 Å². The number of amides is 2. The fraction of sp³-hybridized carbons (Fsp3) is 0.0476. The lowest BCUT2D eigenvalue weighted by Crippen LogP contribution is -2.12. The first kappa shape index (κ1) is 18.1. The van der Waals surface area contributed by atoms with Crippen molar-refractivity contribution in [1.82, 2.24) is 0 Å². The summed E-state index contributed by atoms with van der Waals surface area (Å²) in [6, 6.07) is 17.4. The Hall–Kier alpha value is -3.67. The molecule has 3 aromatic carbocycles. The van der Waals surface area contributed by atoms with Crippen LogP contribution in [-0.2, 0) is 0 Å². The normalized spacial score (nSPS) is 10.3. The molecule has 0 aromatic heterocycles. The first-order valence-corrected chi connectivity index (χ1v) is 8.17. The van der Waals surface area contributed by atoms with Crippen LogP contribution in [0.25, 0.3) is 0 Å². The Bertz CT molecular complexity index is 983. The van der Waals surface area contributed by atoms with Gasteiger partial charge in [-0.2, -0.15) is 0 Å². The SMILES string of the molecule is Cc1ccc(NC(=O)c2ccc(Oc3ccc(C(N)=O)cc3)cc2)cc1F. The number of nitrogens with two attached hydrogens (primary N) is 1. The van der Waals surface area contributed by atoms with Crippen LogP contribution >= 0.6 is 0 Å². The molecule has 0 heterocycles. The number of carbonyl (C=O) groups excluding carboxylic acids is 2. The molecule has 0 aliphatic carbocycles. The van der Waals surface area contributed by atoms with Gasteiger partial charge in [0, 0.05) is 16.8 Å². The summed E-state index contributed by atoms with van der Waals surface area (Å²) in [5.74, 6) is -0.174. The first-order chi connectivity index (χ1) is 12.9. The van der Waals surface area contributed by atoms with Crippen LogP contribution in [0, 0.1) is 12.7 Å². The third kappa shape index (κ3) is 4.49. The molecule has 5 nitrogen and oxygen atoms in total. The first-order valence-electron chi connectivity index (χ1n) is 8.17. The van der Waals surface area contributed by atoms with E-state index in [-0.39, 0.29) is 11.7 Å². The standard InChI is InChI=1S/C21H17FN2O3/c1-13-2-7-16(12-19(13)22)24-21(26)15-5-10-18(11-6-15)27-17-8-3-14(4-9-17)20(23)25/h2-12H,1H3,(H2,23,25)(H,24,26). The van der Waals surface area contributed by atoms with E-state index in [4.69, 9.17) is 10.5 Å². The summed E-state index contributed by atoms with van der Waals surface area (Å²) in [6.07, 6.45) is 0. The van der Waals surface area contributed by atoms with E-state index in [0.29, 0.717) is 33.9 Å². The number of benzene rings is 3. The number of anilines is 1. The molecule has 0 saturated carbocycles. The van der Waals surface area contributed by atoms with Gasteiger partial charge in [0.2, 0.25) is 5.91 Å². The highest BCUT2D eigenvalue weighted by molar-refractivity contribution is 6.04. The van der Waals surface area contributed by atoms with Gasteiger partial charge in [0.05, 0.1) is 0 Å². The van der Waals surface area contributed by atoms with E-state index in [2.05, 4.69) is 5.32 Å². The number of nitrogens with one attached hydrogen (secondary N) is 1. The van der Waals surface area contributed by atoms with Gasteiger partial charge in [0.25, 0.3) is 5.91 Å². The summed E-state index contributed by atoms with van der Waals surface area (Å²) >= 11 is 0. The Morgan fingerprint density at radius 3 is 1.96 bits per heavy atom. The minimum absolute atomic E-state index is 0.351. The summed E-state index contributed by atoms with van der Waals surface area (Å²) in [6.45, 7) is 1.65. The summed E-state index contributed by atoms with van der Waals surface area (Å²) in [7, 11) is 0. The highest BCUT2D eigenvalue weighted by atomic mass is 19.1. The minimum Gasteiger partial charge on any atom is -0.457 e. The fourth-order valence-corrected chi connectivity index (χ4v) is 2.37. The van der Waals surface area contributed by atoms with Crippen LogP contribution in [0.1, 0.15) is 26.3 Å². The second kappa shape index (κ2) is 7.70. The molecule has 136 valence electrons. The molecule has 0 bridgehead atoms. The van der Waals surface area contributed by atoms with Crippen LogP contribution in [0.15, 0.2) is 66.7 Å². The fourth-order valence-electron chi connectivity index (χ4n) is 2.37. The van der Waals surface area contributed by atoms with Crippen LogP contribution in [0.3, 0.4) is 0 Å². The molecule has 27 heavy (non-hydrogen) atoms. The lowest BCUT2D eigenvalue weighted by Gasteiger charge is -2.09. The maximum Gasteiger partial charge on any atom is 0.255 e. The topological polar surface area (TPSA) is 81.4 Å². The minimum atomic E-state index is -0.509. The Balaban J connectivity index is 1.66. The highest BCUT2D eigenvalue weighted by Crippen LogP contribution is 2.22. The molecule has 0 spiro atoms. The molecule has 6 heteroatoms. The average molecular weight is 364 g/mol. The van der Waals surface area contributed by atoms with Crippen LogP contribution in [0.2, 0.25) is 0 Å². The van der Waals surface area contributed by atoms with Gasteiger partial charge in [-0.3, -0.25) is 9.59 Å². The van der Waals surface area contributed by atoms with E-state index in [0.717, 1.165) is 0 Å². The number of halogens is 1. The van der Waals surface area contributed by atoms with Crippen molar-refractivity contribution in [3.05, 3.63) is 89.2 Å². The van der Waals surface area contributed by atoms with E-state index in [1.54, 1.807) is 67.6 Å². The van der Waals surface area contributed by atoms with E-state index in [9.17, 15) is 14.0 Å². The molecule has 0 unspecified atom stereocenters. The molecular weight excluding hydrogens is 347 g/mol. The van der Waals surface area contributed by atoms with Gasteiger partial charge in [-0.25, -0.2) is 4.39 Å². The Morgan fingerprint density at radius 2 is 1.44 bits per heavy atom. The Morgan fingerprint density at radius 1 is 0.889 bits per heavy atom. The maximum atomic E-state index is 13.6. The smallest absolute Gasteiger partial charge is 0.255 e. The maximum absolute atomic E-state index is 13.6. The predicted molar refractivity (Wildman–Crippen MR) is 101 cm³/mol. The van der Waals surface area contributed by atoms with Gasteiger partial charge in [0.15, 0.2) is 0 Å². The van der Waals surface area contributed by atoms with E-state index >= 15 is 0 Å². The van der Waals surface area contributed by atoms with Gasteiger partial charge in [-0.1, -0.05) is 6.07 Å². The number of aryl methyl sites for hydroxylation is 1. The molecule has 2 amide bonds. The number of rotatable bonds is 5. The van der Waals surface area contributed by atoms with Crippen molar-refractivity contribution in [2.75, 3.05) is 5.32 Å². The molecule has 3 rings (SSSR count). The van der Waals surface area contributed by atoms with Crippen molar-refractivity contribution >= 4 is 17.5 Å². The second-order valence-corrected chi connectivity index (χ2v) is 5.93. The molecule has 0 aliphatic rings. The highest BCUT2D eigenvalue weighted by Gasteiger charge is 2.08. The third-order valence-corrected chi connectivity index (χ3v) is 3.92. The lowest BCUT2D eigenvalue weighted by atomic mass is 10.1. The van der Waals surface area contributed by atoms with Crippen molar-refractivity contribution in [2.24, 2.45) is 5.73 Å². The number of primary amides is 1. The van der Waals surface area contributed by atoms with Crippen LogP contribution in [0.5, 0.6) is 11.5 Å². The van der Waals surface area contributed by atoms with Crippen molar-refractivity contribution in [3.8, 4) is 11.5 Å². The molecule has 0 fully saturated rings. The van der Waals surface area contributed by atoms with E-state index in [1.165, 1.54) is 6.07 Å². The van der Waals surface area contributed by atoms with Crippen LogP contribution < -0.4 is 15.8 Å². The molecule has 3 N–H and O–H groups in total. The van der Waals surface area contributed by atoms with Crippen molar-refractivity contribution in [2.45, 2.75) is 6.92 Å². The van der Waals surface area contributed by atoms with E-state index < -0.39 is 5.91 Å². The van der Waals surface area contributed by atoms with Crippen molar-refractivity contribution < 1.29 is 18.7 Å². The Labute approximate surface area is 155 Å². The van der Waals surface area contributed by atoms with Gasteiger partial charge in [0.1, 0.15) is 17.3 Å². The number of ether oxygens (including phenoxy) is 1. The predicted octanol–water partition coefficient (Wildman–Crippen LogP) is 4.28. The molecule has 3 aromatic rings. The number of carbonyl (C=O) groups is 2. The zero-order chi connectivity index (χ0) is 19.4. The zero-order valence-corrected chi connectivity index (χ0v) is 14.5.